The minimum absolute atomic E-state index is 0.0878. The van der Waals surface area contributed by atoms with E-state index in [1.165, 1.54) is 6.26 Å². The highest BCUT2D eigenvalue weighted by Gasteiger charge is 2.04. The molecule has 2 rings (SSSR count). The van der Waals surface area contributed by atoms with Gasteiger partial charge in [-0.25, -0.2) is 8.42 Å². The SMILES string of the molecule is COc1cccc(CNCc2ccc(CS(C)(=O)=O)cc2)c1. The normalized spacial score (nSPS) is 11.4. The third kappa shape index (κ3) is 5.50. The number of benzene rings is 2. The molecule has 0 aromatic heterocycles. The van der Waals surface area contributed by atoms with Gasteiger partial charge < -0.3 is 10.1 Å². The Hall–Kier alpha value is -1.85. The standard InChI is InChI=1S/C17H21NO3S/c1-21-17-5-3-4-16(10-17)12-18-11-14-6-8-15(9-7-14)13-22(2,19)20/h3-10,18H,11-13H2,1-2H3. The molecule has 4 nitrogen and oxygen atoms in total. The quantitative estimate of drug-likeness (QED) is 0.852. The first-order valence-corrected chi connectivity index (χ1v) is 9.11. The molecule has 0 amide bonds. The number of methoxy groups -OCH3 is 1. The summed E-state index contributed by atoms with van der Waals surface area (Å²) in [5, 5.41) is 3.36. The maximum atomic E-state index is 11.2. The number of rotatable bonds is 7. The van der Waals surface area contributed by atoms with Crippen LogP contribution in [0.1, 0.15) is 16.7 Å². The van der Waals surface area contributed by atoms with Crippen LogP contribution in [0.15, 0.2) is 48.5 Å². The van der Waals surface area contributed by atoms with Gasteiger partial charge >= 0.3 is 0 Å². The van der Waals surface area contributed by atoms with Crippen LogP contribution in [0.5, 0.6) is 5.75 Å². The molecule has 0 radical (unpaired) electrons. The van der Waals surface area contributed by atoms with Crippen LogP contribution >= 0.6 is 0 Å². The number of hydrogen-bond acceptors (Lipinski definition) is 4. The highest BCUT2D eigenvalue weighted by molar-refractivity contribution is 7.89. The highest BCUT2D eigenvalue weighted by Crippen LogP contribution is 2.12. The van der Waals surface area contributed by atoms with Gasteiger partial charge in [0, 0.05) is 19.3 Å². The minimum Gasteiger partial charge on any atom is -0.497 e. The zero-order valence-corrected chi connectivity index (χ0v) is 13.7. The molecule has 1 N–H and O–H groups in total. The minimum atomic E-state index is -2.98. The molecular formula is C17H21NO3S. The second-order valence-electron chi connectivity index (χ2n) is 5.34. The summed E-state index contributed by atoms with van der Waals surface area (Å²) in [6.07, 6.45) is 1.25. The van der Waals surface area contributed by atoms with Crippen LogP contribution < -0.4 is 10.1 Å². The summed E-state index contributed by atoms with van der Waals surface area (Å²) < 4.78 is 27.7. The molecule has 0 aliphatic rings. The summed E-state index contributed by atoms with van der Waals surface area (Å²) in [7, 11) is -1.32. The van der Waals surface area contributed by atoms with E-state index in [1.54, 1.807) is 7.11 Å². The van der Waals surface area contributed by atoms with Crippen molar-refractivity contribution < 1.29 is 13.2 Å². The molecule has 0 saturated heterocycles. The van der Waals surface area contributed by atoms with Gasteiger partial charge in [0.25, 0.3) is 0 Å². The maximum absolute atomic E-state index is 11.2. The summed E-state index contributed by atoms with van der Waals surface area (Å²) in [4.78, 5) is 0. The number of ether oxygens (including phenoxy) is 1. The van der Waals surface area contributed by atoms with Crippen molar-refractivity contribution in [2.75, 3.05) is 13.4 Å². The van der Waals surface area contributed by atoms with E-state index in [9.17, 15) is 8.42 Å². The average molecular weight is 319 g/mol. The second-order valence-corrected chi connectivity index (χ2v) is 7.48. The van der Waals surface area contributed by atoms with Crippen LogP contribution in [0.25, 0.3) is 0 Å². The van der Waals surface area contributed by atoms with Gasteiger partial charge in [0.15, 0.2) is 9.84 Å². The lowest BCUT2D eigenvalue weighted by Gasteiger charge is -2.07. The molecule has 0 bridgehead atoms. The lowest BCUT2D eigenvalue weighted by molar-refractivity contribution is 0.414. The Bertz CT molecular complexity index is 709. The molecule has 0 atom stereocenters. The molecule has 0 unspecified atom stereocenters. The Labute approximate surface area is 132 Å². The first-order valence-electron chi connectivity index (χ1n) is 7.05. The average Bonchev–Trinajstić information content (AvgIpc) is 2.48. The predicted molar refractivity (Wildman–Crippen MR) is 88.5 cm³/mol. The number of sulfone groups is 1. The Morgan fingerprint density at radius 1 is 0.955 bits per heavy atom. The Balaban J connectivity index is 1.86. The largest absolute Gasteiger partial charge is 0.497 e. The summed E-state index contributed by atoms with van der Waals surface area (Å²) in [6, 6.07) is 15.6. The number of hydrogen-bond donors (Lipinski definition) is 1. The zero-order chi connectivity index (χ0) is 16.0. The first-order chi connectivity index (χ1) is 10.5. The summed E-state index contributed by atoms with van der Waals surface area (Å²) in [5.41, 5.74) is 3.10. The van der Waals surface area contributed by atoms with E-state index in [1.807, 2.05) is 48.5 Å². The van der Waals surface area contributed by atoms with Gasteiger partial charge in [-0.1, -0.05) is 36.4 Å². The van der Waals surface area contributed by atoms with Gasteiger partial charge in [-0.3, -0.25) is 0 Å². The van der Waals surface area contributed by atoms with Gasteiger partial charge in [0.05, 0.1) is 12.9 Å². The van der Waals surface area contributed by atoms with E-state index in [-0.39, 0.29) is 5.75 Å². The molecule has 0 heterocycles. The fraction of sp³-hybridized carbons (Fsp3) is 0.294. The summed E-state index contributed by atoms with van der Waals surface area (Å²) in [6.45, 7) is 1.48. The Morgan fingerprint density at radius 2 is 1.59 bits per heavy atom. The maximum Gasteiger partial charge on any atom is 0.151 e. The lowest BCUT2D eigenvalue weighted by atomic mass is 10.1. The first kappa shape index (κ1) is 16.5. The van der Waals surface area contributed by atoms with Gasteiger partial charge in [0.2, 0.25) is 0 Å². The van der Waals surface area contributed by atoms with Crippen molar-refractivity contribution in [2.45, 2.75) is 18.8 Å². The second kappa shape index (κ2) is 7.42. The molecule has 0 spiro atoms. The molecule has 118 valence electrons. The van der Waals surface area contributed by atoms with E-state index in [2.05, 4.69) is 5.32 Å². The fourth-order valence-electron chi connectivity index (χ4n) is 2.19. The van der Waals surface area contributed by atoms with Crippen molar-refractivity contribution in [1.29, 1.82) is 0 Å². The lowest BCUT2D eigenvalue weighted by Crippen LogP contribution is -2.12. The molecule has 22 heavy (non-hydrogen) atoms. The van der Waals surface area contributed by atoms with Crippen molar-refractivity contribution in [3.8, 4) is 5.75 Å². The molecule has 5 heteroatoms. The van der Waals surface area contributed by atoms with Gasteiger partial charge in [0.1, 0.15) is 5.75 Å². The Kier molecular flexibility index (Phi) is 5.57. The molecule has 0 aliphatic carbocycles. The Morgan fingerprint density at radius 3 is 2.23 bits per heavy atom. The van der Waals surface area contributed by atoms with Crippen molar-refractivity contribution in [2.24, 2.45) is 0 Å². The predicted octanol–water partition coefficient (Wildman–Crippen LogP) is 2.53. The van der Waals surface area contributed by atoms with Crippen LogP contribution in [-0.4, -0.2) is 21.8 Å². The third-order valence-electron chi connectivity index (χ3n) is 3.24. The van der Waals surface area contributed by atoms with Gasteiger partial charge in [-0.05, 0) is 28.8 Å². The summed E-state index contributed by atoms with van der Waals surface area (Å²) in [5.74, 6) is 0.939. The van der Waals surface area contributed by atoms with Crippen LogP contribution in [0.2, 0.25) is 0 Å². The van der Waals surface area contributed by atoms with Crippen LogP contribution in [0.4, 0.5) is 0 Å². The van der Waals surface area contributed by atoms with Gasteiger partial charge in [-0.2, -0.15) is 0 Å². The van der Waals surface area contributed by atoms with E-state index in [0.717, 1.165) is 35.5 Å². The monoisotopic (exact) mass is 319 g/mol. The van der Waals surface area contributed by atoms with Crippen molar-refractivity contribution in [1.82, 2.24) is 5.32 Å². The molecule has 2 aromatic rings. The molecular weight excluding hydrogens is 298 g/mol. The van der Waals surface area contributed by atoms with Crippen molar-refractivity contribution in [3.63, 3.8) is 0 Å². The zero-order valence-electron chi connectivity index (χ0n) is 12.9. The van der Waals surface area contributed by atoms with Crippen molar-refractivity contribution >= 4 is 9.84 Å². The van der Waals surface area contributed by atoms with Crippen LogP contribution in [-0.2, 0) is 28.7 Å². The fourth-order valence-corrected chi connectivity index (χ4v) is 2.99. The third-order valence-corrected chi connectivity index (χ3v) is 4.10. The topological polar surface area (TPSA) is 55.4 Å². The molecule has 2 aromatic carbocycles. The van der Waals surface area contributed by atoms with Crippen LogP contribution in [0, 0.1) is 0 Å². The van der Waals surface area contributed by atoms with E-state index in [0.29, 0.717) is 0 Å². The van der Waals surface area contributed by atoms with Gasteiger partial charge in [-0.15, -0.1) is 0 Å². The smallest absolute Gasteiger partial charge is 0.151 e. The van der Waals surface area contributed by atoms with E-state index < -0.39 is 9.84 Å². The molecule has 0 fully saturated rings. The van der Waals surface area contributed by atoms with E-state index >= 15 is 0 Å². The van der Waals surface area contributed by atoms with Crippen molar-refractivity contribution in [3.05, 3.63) is 65.2 Å². The molecule has 0 aliphatic heterocycles. The highest BCUT2D eigenvalue weighted by atomic mass is 32.2. The molecule has 0 saturated carbocycles. The summed E-state index contributed by atoms with van der Waals surface area (Å²) >= 11 is 0. The van der Waals surface area contributed by atoms with E-state index in [4.69, 9.17) is 4.74 Å². The number of nitrogens with one attached hydrogen (secondary N) is 1. The van der Waals surface area contributed by atoms with Crippen LogP contribution in [0.3, 0.4) is 0 Å².